The van der Waals surface area contributed by atoms with Crippen LogP contribution in [0.5, 0.6) is 0 Å². The van der Waals surface area contributed by atoms with Crippen LogP contribution >= 0.6 is 0 Å². The summed E-state index contributed by atoms with van der Waals surface area (Å²) in [6.07, 6.45) is 2.25. The largest absolute Gasteiger partial charge is 0.361 e. The van der Waals surface area contributed by atoms with Crippen molar-refractivity contribution in [3.8, 4) is 0 Å². The standard InChI is InChI=1S/C31H37N5O6/c1-19(2)14-23(27(37)31(4)18-41-31)33-28(38)24(16-21-10-6-5-7-11-21)34-29(39)25(17-22-12-8-9-13-32-22)35-30(40)26-15-20(3)42-36-26/h5-13,15,19,23-25H,14,16-18H2,1-4H3,(H,33,38)(H,34,39)(H,35,40)/t23?,24-,25-,31+/m0/s1. The number of aryl methyl sites for hydroxylation is 1. The molecule has 1 unspecified atom stereocenters. The van der Waals surface area contributed by atoms with Crippen molar-refractivity contribution >= 4 is 23.5 Å². The number of benzene rings is 1. The molecule has 0 radical (unpaired) electrons. The first-order chi connectivity index (χ1) is 20.0. The van der Waals surface area contributed by atoms with Crippen LogP contribution in [0.15, 0.2) is 65.3 Å². The molecular formula is C31H37N5O6. The molecule has 4 rings (SSSR count). The number of nitrogens with one attached hydrogen (secondary N) is 3. The number of Topliss-reactive ketones (excluding diaryl/α,β-unsaturated/α-hetero) is 1. The molecular weight excluding hydrogens is 538 g/mol. The molecule has 1 fully saturated rings. The quantitative estimate of drug-likeness (QED) is 0.247. The number of carbonyl (C=O) groups excluding carboxylic acids is 4. The molecule has 1 aliphatic heterocycles. The summed E-state index contributed by atoms with van der Waals surface area (Å²) in [4.78, 5) is 57.8. The molecule has 11 heteroatoms. The molecule has 0 spiro atoms. The summed E-state index contributed by atoms with van der Waals surface area (Å²) in [5, 5.41) is 12.1. The van der Waals surface area contributed by atoms with Crippen LogP contribution in [0.1, 0.15) is 54.7 Å². The number of rotatable bonds is 14. The summed E-state index contributed by atoms with van der Waals surface area (Å²) in [6.45, 7) is 7.60. The van der Waals surface area contributed by atoms with E-state index in [4.69, 9.17) is 9.26 Å². The van der Waals surface area contributed by atoms with Gasteiger partial charge in [-0.1, -0.05) is 55.4 Å². The van der Waals surface area contributed by atoms with Crippen LogP contribution in [0.25, 0.3) is 0 Å². The Hall–Kier alpha value is -4.38. The number of amides is 3. The average molecular weight is 576 g/mol. The molecule has 3 aromatic rings. The summed E-state index contributed by atoms with van der Waals surface area (Å²) in [7, 11) is 0. The summed E-state index contributed by atoms with van der Waals surface area (Å²) >= 11 is 0. The van der Waals surface area contributed by atoms with E-state index >= 15 is 0 Å². The zero-order valence-electron chi connectivity index (χ0n) is 24.3. The Morgan fingerprint density at radius 3 is 2.12 bits per heavy atom. The van der Waals surface area contributed by atoms with E-state index in [1.807, 2.05) is 44.2 Å². The van der Waals surface area contributed by atoms with Gasteiger partial charge in [0.15, 0.2) is 11.5 Å². The number of ketones is 1. The maximum atomic E-state index is 13.7. The van der Waals surface area contributed by atoms with Gasteiger partial charge in [-0.3, -0.25) is 24.2 Å². The van der Waals surface area contributed by atoms with E-state index < -0.39 is 41.4 Å². The first-order valence-corrected chi connectivity index (χ1v) is 14.0. The van der Waals surface area contributed by atoms with Crippen LogP contribution < -0.4 is 16.0 Å². The van der Waals surface area contributed by atoms with Crippen molar-refractivity contribution in [3.05, 3.63) is 83.5 Å². The van der Waals surface area contributed by atoms with Crippen molar-refractivity contribution in [2.45, 2.75) is 70.7 Å². The summed E-state index contributed by atoms with van der Waals surface area (Å²) in [5.74, 6) is -1.33. The second kappa shape index (κ2) is 13.5. The van der Waals surface area contributed by atoms with Gasteiger partial charge in [-0.15, -0.1) is 0 Å². The fraction of sp³-hybridized carbons (Fsp3) is 0.419. The molecule has 0 bridgehead atoms. The predicted molar refractivity (Wildman–Crippen MR) is 153 cm³/mol. The molecule has 3 N–H and O–H groups in total. The smallest absolute Gasteiger partial charge is 0.274 e. The maximum Gasteiger partial charge on any atom is 0.274 e. The van der Waals surface area contributed by atoms with Gasteiger partial charge in [-0.25, -0.2) is 0 Å². The molecule has 1 saturated heterocycles. The molecule has 1 aromatic carbocycles. The molecule has 0 aliphatic carbocycles. The van der Waals surface area contributed by atoms with Gasteiger partial charge in [0.05, 0.1) is 12.6 Å². The normalized spacial score (nSPS) is 18.0. The van der Waals surface area contributed by atoms with Gasteiger partial charge in [-0.05, 0) is 43.9 Å². The van der Waals surface area contributed by atoms with Crippen molar-refractivity contribution in [1.29, 1.82) is 0 Å². The predicted octanol–water partition coefficient (Wildman–Crippen LogP) is 2.34. The molecule has 42 heavy (non-hydrogen) atoms. The number of pyridine rings is 1. The number of nitrogens with zero attached hydrogens (tertiary/aromatic N) is 2. The lowest BCUT2D eigenvalue weighted by Crippen LogP contribution is -2.57. The van der Waals surface area contributed by atoms with E-state index in [2.05, 4.69) is 26.1 Å². The lowest BCUT2D eigenvalue weighted by atomic mass is 9.93. The molecule has 1 aliphatic rings. The van der Waals surface area contributed by atoms with Crippen molar-refractivity contribution in [2.75, 3.05) is 6.61 Å². The van der Waals surface area contributed by atoms with Crippen molar-refractivity contribution < 1.29 is 28.4 Å². The van der Waals surface area contributed by atoms with Gasteiger partial charge in [0, 0.05) is 30.8 Å². The van der Waals surface area contributed by atoms with Crippen molar-refractivity contribution in [1.82, 2.24) is 26.1 Å². The average Bonchev–Trinajstić information content (AvgIpc) is 3.57. The highest BCUT2D eigenvalue weighted by Crippen LogP contribution is 2.29. The van der Waals surface area contributed by atoms with E-state index in [-0.39, 0.29) is 30.2 Å². The maximum absolute atomic E-state index is 13.7. The van der Waals surface area contributed by atoms with Crippen LogP contribution in [0.4, 0.5) is 0 Å². The molecule has 11 nitrogen and oxygen atoms in total. The molecule has 222 valence electrons. The minimum atomic E-state index is -1.08. The summed E-state index contributed by atoms with van der Waals surface area (Å²) < 4.78 is 10.4. The summed E-state index contributed by atoms with van der Waals surface area (Å²) in [6, 6.07) is 13.1. The number of aromatic nitrogens is 2. The van der Waals surface area contributed by atoms with E-state index in [0.29, 0.717) is 24.5 Å². The van der Waals surface area contributed by atoms with E-state index in [1.54, 1.807) is 38.2 Å². The Kier molecular flexibility index (Phi) is 9.84. The highest BCUT2D eigenvalue weighted by molar-refractivity contribution is 5.99. The number of epoxide rings is 1. The van der Waals surface area contributed by atoms with Gasteiger partial charge in [0.2, 0.25) is 11.8 Å². The second-order valence-corrected chi connectivity index (χ2v) is 11.2. The van der Waals surface area contributed by atoms with Crippen molar-refractivity contribution in [2.24, 2.45) is 5.92 Å². The van der Waals surface area contributed by atoms with Crippen LogP contribution in [0, 0.1) is 12.8 Å². The molecule has 0 saturated carbocycles. The first-order valence-electron chi connectivity index (χ1n) is 14.0. The van der Waals surface area contributed by atoms with E-state index in [9.17, 15) is 19.2 Å². The van der Waals surface area contributed by atoms with Gasteiger partial charge in [0.25, 0.3) is 5.91 Å². The zero-order chi connectivity index (χ0) is 30.3. The Morgan fingerprint density at radius 1 is 0.905 bits per heavy atom. The van der Waals surface area contributed by atoms with Crippen LogP contribution in [-0.4, -0.2) is 64.0 Å². The summed E-state index contributed by atoms with van der Waals surface area (Å²) in [5.41, 5.74) is 0.489. The Balaban J connectivity index is 1.56. The Bertz CT molecular complexity index is 1390. The number of hydrogen-bond donors (Lipinski definition) is 3. The minimum absolute atomic E-state index is 0.0238. The van der Waals surface area contributed by atoms with Crippen molar-refractivity contribution in [3.63, 3.8) is 0 Å². The van der Waals surface area contributed by atoms with E-state index in [1.165, 1.54) is 6.07 Å². The van der Waals surface area contributed by atoms with Gasteiger partial charge in [-0.2, -0.15) is 0 Å². The highest BCUT2D eigenvalue weighted by Gasteiger charge is 2.50. The molecule has 4 atom stereocenters. The van der Waals surface area contributed by atoms with Gasteiger partial charge in [0.1, 0.15) is 23.4 Å². The number of hydrogen-bond acceptors (Lipinski definition) is 8. The second-order valence-electron chi connectivity index (χ2n) is 11.2. The topological polar surface area (TPSA) is 156 Å². The number of ether oxygens (including phenoxy) is 1. The fourth-order valence-electron chi connectivity index (χ4n) is 4.57. The third kappa shape index (κ3) is 8.32. The zero-order valence-corrected chi connectivity index (χ0v) is 24.3. The molecule has 3 amide bonds. The lowest BCUT2D eigenvalue weighted by Gasteiger charge is -2.26. The molecule has 2 aromatic heterocycles. The van der Waals surface area contributed by atoms with Crippen LogP contribution in [-0.2, 0) is 32.0 Å². The lowest BCUT2D eigenvalue weighted by molar-refractivity contribution is -0.133. The third-order valence-electron chi connectivity index (χ3n) is 6.98. The molecule has 3 heterocycles. The monoisotopic (exact) mass is 575 g/mol. The third-order valence-corrected chi connectivity index (χ3v) is 6.98. The SMILES string of the molecule is Cc1cc(C(=O)N[C@@H](Cc2ccccn2)C(=O)N[C@@H](Cc2ccccc2)C(=O)NC(CC(C)C)C(=O)[C@@]2(C)CO2)no1. The van der Waals surface area contributed by atoms with Gasteiger partial charge < -0.3 is 25.2 Å². The van der Waals surface area contributed by atoms with Gasteiger partial charge >= 0.3 is 0 Å². The van der Waals surface area contributed by atoms with Crippen LogP contribution in [0.2, 0.25) is 0 Å². The Labute approximate surface area is 244 Å². The number of carbonyl (C=O) groups is 4. The highest BCUT2D eigenvalue weighted by atomic mass is 16.6. The van der Waals surface area contributed by atoms with Crippen LogP contribution in [0.3, 0.4) is 0 Å². The first kappa shape index (κ1) is 30.6. The van der Waals surface area contributed by atoms with E-state index in [0.717, 1.165) is 5.56 Å². The fourth-order valence-corrected chi connectivity index (χ4v) is 4.57. The Morgan fingerprint density at radius 2 is 1.55 bits per heavy atom. The minimum Gasteiger partial charge on any atom is -0.361 e.